The predicted molar refractivity (Wildman–Crippen MR) is 197 cm³/mol. The monoisotopic (exact) mass is 789 g/mol. The second kappa shape index (κ2) is 16.3. The van der Waals surface area contributed by atoms with E-state index >= 15 is 0 Å². The van der Waals surface area contributed by atoms with Gasteiger partial charge in [-0.15, -0.1) is 5.10 Å². The standard InChI is InChI=1S/C37H43N9O11/c1-5-37-19-54-29(34(57-37)46-14-20(2)31(40-35(46)51)39-33(50)22-9-7-6-8-10-22)30(37)53-18-23-16-44(43-42-23)17-25-24(56-28(48)12-11-26(47)38-4)13-27(55-25)45-15-21(3)32(49)41-36(45)52/h6-10,14-16,24-25,27,29-30,34H,5,11-13,17-19H2,1-4H3,(H,38,47)(H,41,49,52)(H,39,40,50,51)/t24?,25-,27-,29+,30?,34-,37+/m1/s1. The van der Waals surface area contributed by atoms with Gasteiger partial charge in [0, 0.05) is 49.0 Å². The summed E-state index contributed by atoms with van der Waals surface area (Å²) in [4.78, 5) is 81.5. The Bertz CT molecular complexity index is 2320. The van der Waals surface area contributed by atoms with Crippen LogP contribution in [0.2, 0.25) is 0 Å². The van der Waals surface area contributed by atoms with E-state index in [9.17, 15) is 28.8 Å². The van der Waals surface area contributed by atoms with Gasteiger partial charge >= 0.3 is 17.3 Å². The molecule has 2 amide bonds. The van der Waals surface area contributed by atoms with Crippen molar-refractivity contribution < 1.29 is 38.1 Å². The van der Waals surface area contributed by atoms with Gasteiger partial charge in [-0.2, -0.15) is 4.98 Å². The number of hydrogen-bond acceptors (Lipinski definition) is 14. The number of aromatic nitrogens is 7. The van der Waals surface area contributed by atoms with Crippen LogP contribution >= 0.6 is 0 Å². The topological polar surface area (TPSA) is 242 Å². The Morgan fingerprint density at radius 3 is 2.56 bits per heavy atom. The van der Waals surface area contributed by atoms with Crippen LogP contribution in [0.3, 0.4) is 0 Å². The molecule has 0 radical (unpaired) electrons. The molecule has 3 aliphatic rings. The van der Waals surface area contributed by atoms with E-state index < -0.39 is 71.3 Å². The zero-order valence-electron chi connectivity index (χ0n) is 31.7. The van der Waals surface area contributed by atoms with Crippen LogP contribution in [-0.4, -0.2) is 95.6 Å². The van der Waals surface area contributed by atoms with Crippen molar-refractivity contribution in [2.75, 3.05) is 19.0 Å². The van der Waals surface area contributed by atoms with E-state index in [1.807, 2.05) is 6.92 Å². The molecule has 1 aromatic carbocycles. The van der Waals surface area contributed by atoms with Gasteiger partial charge in [0.05, 0.1) is 32.4 Å². The summed E-state index contributed by atoms with van der Waals surface area (Å²) < 4.78 is 35.0. The molecule has 2 bridgehead atoms. The van der Waals surface area contributed by atoms with Gasteiger partial charge in [0.1, 0.15) is 47.8 Å². The maximum atomic E-state index is 13.3. The maximum Gasteiger partial charge on any atom is 0.351 e. The van der Waals surface area contributed by atoms with Crippen LogP contribution in [0.15, 0.2) is 63.3 Å². The molecule has 3 saturated heterocycles. The zero-order chi connectivity index (χ0) is 40.4. The Morgan fingerprint density at radius 1 is 1.04 bits per heavy atom. The second-order valence-electron chi connectivity index (χ2n) is 14.2. The third kappa shape index (κ3) is 8.20. The van der Waals surface area contributed by atoms with E-state index in [4.69, 9.17) is 23.7 Å². The molecule has 6 heterocycles. The summed E-state index contributed by atoms with van der Waals surface area (Å²) in [5, 5.41) is 13.6. The number of ether oxygens (including phenoxy) is 5. The molecular formula is C37H43N9O11. The third-order valence-electron chi connectivity index (χ3n) is 10.4. The molecule has 7 rings (SSSR count). The highest BCUT2D eigenvalue weighted by Crippen LogP contribution is 2.48. The number of fused-ring (bicyclic) bond motifs is 2. The van der Waals surface area contributed by atoms with Gasteiger partial charge in [0.25, 0.3) is 11.5 Å². The average molecular weight is 790 g/mol. The Balaban J connectivity index is 1.02. The molecule has 0 spiro atoms. The molecular weight excluding hydrogens is 746 g/mol. The maximum absolute atomic E-state index is 13.3. The van der Waals surface area contributed by atoms with E-state index in [0.29, 0.717) is 28.8 Å². The molecule has 4 aromatic rings. The summed E-state index contributed by atoms with van der Waals surface area (Å²) in [5.74, 6) is -1.19. The van der Waals surface area contributed by atoms with Crippen molar-refractivity contribution in [3.8, 4) is 0 Å². The van der Waals surface area contributed by atoms with Gasteiger partial charge in [-0.3, -0.25) is 33.3 Å². The Kier molecular flexibility index (Phi) is 11.3. The first-order valence-electron chi connectivity index (χ1n) is 18.5. The molecule has 3 aromatic heterocycles. The Labute approximate surface area is 324 Å². The van der Waals surface area contributed by atoms with Crippen LogP contribution in [-0.2, 0) is 46.4 Å². The Hall–Kier alpha value is -5.83. The average Bonchev–Trinajstić information content (AvgIpc) is 3.98. The van der Waals surface area contributed by atoms with Crippen molar-refractivity contribution in [3.05, 3.63) is 103 Å². The molecule has 20 heteroatoms. The minimum Gasteiger partial charge on any atom is -0.459 e. The van der Waals surface area contributed by atoms with E-state index in [0.717, 1.165) is 0 Å². The van der Waals surface area contributed by atoms with Crippen LogP contribution in [0.1, 0.15) is 72.2 Å². The van der Waals surface area contributed by atoms with Crippen LogP contribution in [0.5, 0.6) is 0 Å². The van der Waals surface area contributed by atoms with Gasteiger partial charge in [-0.1, -0.05) is 30.3 Å². The van der Waals surface area contributed by atoms with Crippen LogP contribution in [0.4, 0.5) is 5.82 Å². The first kappa shape index (κ1) is 39.4. The summed E-state index contributed by atoms with van der Waals surface area (Å²) in [5.41, 5.74) is -0.972. The van der Waals surface area contributed by atoms with Crippen molar-refractivity contribution in [1.82, 2.24) is 39.4 Å². The van der Waals surface area contributed by atoms with Crippen molar-refractivity contribution in [2.24, 2.45) is 0 Å². The van der Waals surface area contributed by atoms with Crippen molar-refractivity contribution in [1.29, 1.82) is 0 Å². The highest BCUT2D eigenvalue weighted by Gasteiger charge is 2.62. The number of hydrogen-bond donors (Lipinski definition) is 3. The lowest BCUT2D eigenvalue weighted by atomic mass is 9.96. The summed E-state index contributed by atoms with van der Waals surface area (Å²) >= 11 is 0. The highest BCUT2D eigenvalue weighted by atomic mass is 16.7. The first-order chi connectivity index (χ1) is 27.4. The molecule has 2 unspecified atom stereocenters. The number of carbonyl (C=O) groups excluding carboxylic acids is 3. The zero-order valence-corrected chi connectivity index (χ0v) is 31.7. The third-order valence-corrected chi connectivity index (χ3v) is 10.4. The van der Waals surface area contributed by atoms with E-state index in [1.165, 1.54) is 27.1 Å². The fourth-order valence-corrected chi connectivity index (χ4v) is 7.22. The van der Waals surface area contributed by atoms with Crippen molar-refractivity contribution >= 4 is 23.6 Å². The lowest BCUT2D eigenvalue weighted by Crippen LogP contribution is -2.41. The number of H-pyrrole nitrogens is 1. The number of amides is 2. The molecule has 0 aliphatic carbocycles. The molecule has 3 aliphatic heterocycles. The number of carbonyl (C=O) groups is 3. The number of benzene rings is 1. The second-order valence-corrected chi connectivity index (χ2v) is 14.2. The van der Waals surface area contributed by atoms with Gasteiger partial charge in [-0.25, -0.2) is 14.3 Å². The molecule has 3 fully saturated rings. The number of aromatic amines is 1. The van der Waals surface area contributed by atoms with Gasteiger partial charge < -0.3 is 34.3 Å². The van der Waals surface area contributed by atoms with Crippen LogP contribution in [0.25, 0.3) is 0 Å². The fourth-order valence-electron chi connectivity index (χ4n) is 7.22. The number of nitrogens with one attached hydrogen (secondary N) is 3. The lowest BCUT2D eigenvalue weighted by Gasteiger charge is -2.30. The summed E-state index contributed by atoms with van der Waals surface area (Å²) in [6.07, 6.45) is 0.440. The largest absolute Gasteiger partial charge is 0.459 e. The lowest BCUT2D eigenvalue weighted by molar-refractivity contribution is -0.176. The first-order valence-corrected chi connectivity index (χ1v) is 18.5. The SMILES string of the molecule is CC[C@]12CO[C@@H](C1OCc1cn(C[C@H]3O[C@@H](n4cc(C)c(=O)[nH]c4=O)CC3OC(=O)CCC(=O)NC)nn1)[C@H](n1cc(C)c(NC(=O)c3ccccc3)nc1=O)O2. The molecule has 3 N–H and O–H groups in total. The van der Waals surface area contributed by atoms with E-state index in [-0.39, 0.29) is 50.7 Å². The van der Waals surface area contributed by atoms with Crippen molar-refractivity contribution in [3.63, 3.8) is 0 Å². The normalized spacial score (nSPS) is 25.1. The summed E-state index contributed by atoms with van der Waals surface area (Å²) in [6.45, 7) is 5.55. The molecule has 20 nitrogen and oxygen atoms in total. The molecule has 57 heavy (non-hydrogen) atoms. The number of aryl methyl sites for hydroxylation is 2. The number of rotatable bonds is 14. The van der Waals surface area contributed by atoms with E-state index in [2.05, 4.69) is 30.9 Å². The summed E-state index contributed by atoms with van der Waals surface area (Å²) in [7, 11) is 1.47. The Morgan fingerprint density at radius 2 is 1.81 bits per heavy atom. The smallest absolute Gasteiger partial charge is 0.351 e. The van der Waals surface area contributed by atoms with Gasteiger partial charge in [0.15, 0.2) is 6.23 Å². The van der Waals surface area contributed by atoms with Crippen LogP contribution in [0, 0.1) is 13.8 Å². The van der Waals surface area contributed by atoms with E-state index in [1.54, 1.807) is 56.6 Å². The quantitative estimate of drug-likeness (QED) is 0.149. The number of esters is 1. The fraction of sp³-hybridized carbons (Fsp3) is 0.486. The summed E-state index contributed by atoms with van der Waals surface area (Å²) in [6, 6.07) is 8.60. The van der Waals surface area contributed by atoms with Gasteiger partial charge in [0.2, 0.25) is 5.91 Å². The number of anilines is 1. The van der Waals surface area contributed by atoms with Crippen LogP contribution < -0.4 is 27.6 Å². The minimum atomic E-state index is -0.868. The van der Waals surface area contributed by atoms with Gasteiger partial charge in [-0.05, 0) is 32.4 Å². The molecule has 7 atom stereocenters. The number of nitrogens with zero attached hydrogens (tertiary/aromatic N) is 6. The molecule has 0 saturated carbocycles. The molecule has 302 valence electrons. The highest BCUT2D eigenvalue weighted by molar-refractivity contribution is 6.04. The minimum absolute atomic E-state index is 0.0110. The van der Waals surface area contributed by atoms with Crippen molar-refractivity contribution in [2.45, 2.75) is 102 Å². The predicted octanol–water partition coefficient (Wildman–Crippen LogP) is 0.641.